The molecule has 0 fully saturated rings. The first kappa shape index (κ1) is 25.5. The van der Waals surface area contributed by atoms with Crippen LogP contribution in [-0.2, 0) is 31.9 Å². The third kappa shape index (κ3) is 5.80. The summed E-state index contributed by atoms with van der Waals surface area (Å²) in [5.41, 5.74) is 4.12. The molecule has 190 valence electrons. The third-order valence-electron chi connectivity index (χ3n) is 7.83. The molecule has 6 nitrogen and oxygen atoms in total. The number of ether oxygens (including phenoxy) is 3. The molecule has 6 heteroatoms. The molecular weight excluding hydrogens is 442 g/mol. The lowest BCUT2D eigenvalue weighted by molar-refractivity contribution is -0.121. The van der Waals surface area contributed by atoms with Crippen LogP contribution in [-0.4, -0.2) is 57.9 Å². The van der Waals surface area contributed by atoms with Crippen LogP contribution in [0.5, 0.6) is 5.75 Å². The molecule has 0 saturated heterocycles. The van der Waals surface area contributed by atoms with Crippen molar-refractivity contribution in [2.45, 2.75) is 57.8 Å². The Kier molecular flexibility index (Phi) is 8.32. The minimum absolute atomic E-state index is 0.0365. The minimum atomic E-state index is -0.200. The van der Waals surface area contributed by atoms with E-state index in [9.17, 15) is 9.59 Å². The molecule has 1 atom stereocenters. The summed E-state index contributed by atoms with van der Waals surface area (Å²) in [5, 5.41) is 0. The maximum Gasteiger partial charge on any atom is 0.228 e. The average Bonchev–Trinajstić information content (AvgIpc) is 3.07. The molecule has 1 aromatic carbocycles. The zero-order valence-electron chi connectivity index (χ0n) is 21.7. The van der Waals surface area contributed by atoms with E-state index < -0.39 is 0 Å². The molecule has 35 heavy (non-hydrogen) atoms. The predicted molar refractivity (Wildman–Crippen MR) is 135 cm³/mol. The van der Waals surface area contributed by atoms with Gasteiger partial charge in [-0.3, -0.25) is 9.59 Å². The zero-order chi connectivity index (χ0) is 24.9. The SMILES string of the molecule is COC1=C(OC)C(=O)C2=C(CCC(CCOc3ccc4c(c3)CC[C@@H](CCN(C)C)C4)CC2)C1=O. The molecule has 0 saturated carbocycles. The summed E-state index contributed by atoms with van der Waals surface area (Å²) in [6.07, 6.45) is 8.68. The Morgan fingerprint density at radius 1 is 0.829 bits per heavy atom. The second-order valence-corrected chi connectivity index (χ2v) is 10.4. The number of hydrogen-bond donors (Lipinski definition) is 0. The third-order valence-corrected chi connectivity index (χ3v) is 7.83. The number of methoxy groups -OCH3 is 2. The fraction of sp³-hybridized carbons (Fsp3) is 0.586. The van der Waals surface area contributed by atoms with E-state index in [1.54, 1.807) is 0 Å². The molecule has 0 unspecified atom stereocenters. The van der Waals surface area contributed by atoms with E-state index in [-0.39, 0.29) is 23.1 Å². The van der Waals surface area contributed by atoms with Crippen LogP contribution in [0.4, 0.5) is 0 Å². The number of carbonyl (C=O) groups is 2. The fourth-order valence-corrected chi connectivity index (χ4v) is 5.71. The number of hydrogen-bond acceptors (Lipinski definition) is 6. The Morgan fingerprint density at radius 2 is 1.46 bits per heavy atom. The number of nitrogens with zero attached hydrogens (tertiary/aromatic N) is 1. The van der Waals surface area contributed by atoms with E-state index in [1.807, 2.05) is 0 Å². The Hall–Kier alpha value is -2.60. The molecule has 0 heterocycles. The van der Waals surface area contributed by atoms with Crippen molar-refractivity contribution in [3.8, 4) is 5.75 Å². The second-order valence-electron chi connectivity index (χ2n) is 10.4. The highest BCUT2D eigenvalue weighted by molar-refractivity contribution is 6.23. The van der Waals surface area contributed by atoms with E-state index in [0.717, 1.165) is 43.9 Å². The lowest BCUT2D eigenvalue weighted by Crippen LogP contribution is -2.25. The summed E-state index contributed by atoms with van der Waals surface area (Å²) < 4.78 is 16.6. The Bertz CT molecular complexity index is 982. The zero-order valence-corrected chi connectivity index (χ0v) is 21.7. The van der Waals surface area contributed by atoms with Gasteiger partial charge in [-0.15, -0.1) is 0 Å². The van der Waals surface area contributed by atoms with Gasteiger partial charge in [0.05, 0.1) is 20.8 Å². The van der Waals surface area contributed by atoms with Gasteiger partial charge in [-0.05, 0) is 114 Å². The summed E-state index contributed by atoms with van der Waals surface area (Å²) >= 11 is 0. The van der Waals surface area contributed by atoms with Crippen molar-refractivity contribution in [1.82, 2.24) is 4.90 Å². The van der Waals surface area contributed by atoms with Crippen LogP contribution in [0.15, 0.2) is 40.9 Å². The highest BCUT2D eigenvalue weighted by Crippen LogP contribution is 2.37. The summed E-state index contributed by atoms with van der Waals surface area (Å²) in [7, 11) is 7.10. The topological polar surface area (TPSA) is 65.1 Å². The second kappa shape index (κ2) is 11.4. The number of Topliss-reactive ketones (excluding diaryl/α,β-unsaturated/α-hetero) is 2. The van der Waals surface area contributed by atoms with Gasteiger partial charge >= 0.3 is 0 Å². The van der Waals surface area contributed by atoms with E-state index in [2.05, 4.69) is 37.2 Å². The number of rotatable bonds is 9. The molecule has 0 aliphatic heterocycles. The van der Waals surface area contributed by atoms with Crippen LogP contribution < -0.4 is 4.74 Å². The van der Waals surface area contributed by atoms with Crippen LogP contribution in [0, 0.1) is 11.8 Å². The lowest BCUT2D eigenvalue weighted by Gasteiger charge is -2.26. The Labute approximate surface area is 209 Å². The summed E-state index contributed by atoms with van der Waals surface area (Å²) in [5.74, 6) is 1.81. The van der Waals surface area contributed by atoms with E-state index in [0.29, 0.717) is 36.5 Å². The van der Waals surface area contributed by atoms with Crippen molar-refractivity contribution in [2.75, 3.05) is 41.5 Å². The highest BCUT2D eigenvalue weighted by atomic mass is 16.5. The molecule has 0 spiro atoms. The first-order valence-electron chi connectivity index (χ1n) is 12.9. The Morgan fingerprint density at radius 3 is 2.06 bits per heavy atom. The molecule has 3 aliphatic carbocycles. The van der Waals surface area contributed by atoms with Gasteiger partial charge in [0.25, 0.3) is 0 Å². The van der Waals surface area contributed by atoms with E-state index >= 15 is 0 Å². The summed E-state index contributed by atoms with van der Waals surface area (Å²) in [6, 6.07) is 6.59. The maximum atomic E-state index is 12.9. The van der Waals surface area contributed by atoms with Crippen LogP contribution in [0.3, 0.4) is 0 Å². The van der Waals surface area contributed by atoms with Crippen molar-refractivity contribution in [2.24, 2.45) is 11.8 Å². The average molecular weight is 482 g/mol. The van der Waals surface area contributed by atoms with Gasteiger partial charge in [0.15, 0.2) is 0 Å². The van der Waals surface area contributed by atoms with Gasteiger partial charge in [-0.2, -0.15) is 0 Å². The minimum Gasteiger partial charge on any atom is -0.494 e. The van der Waals surface area contributed by atoms with Crippen LogP contribution in [0.2, 0.25) is 0 Å². The first-order valence-corrected chi connectivity index (χ1v) is 12.9. The van der Waals surface area contributed by atoms with Gasteiger partial charge in [0, 0.05) is 11.1 Å². The predicted octanol–water partition coefficient (Wildman–Crippen LogP) is 4.66. The quantitative estimate of drug-likeness (QED) is 0.478. The number of ketones is 2. The van der Waals surface area contributed by atoms with Gasteiger partial charge in [0.2, 0.25) is 23.1 Å². The normalized spacial score (nSPS) is 21.1. The van der Waals surface area contributed by atoms with Gasteiger partial charge < -0.3 is 19.1 Å². The molecule has 0 N–H and O–H groups in total. The van der Waals surface area contributed by atoms with Crippen molar-refractivity contribution >= 4 is 11.6 Å². The largest absolute Gasteiger partial charge is 0.494 e. The van der Waals surface area contributed by atoms with Gasteiger partial charge in [0.1, 0.15) is 5.75 Å². The number of benzene rings is 1. The monoisotopic (exact) mass is 481 g/mol. The van der Waals surface area contributed by atoms with Crippen LogP contribution >= 0.6 is 0 Å². The molecule has 0 amide bonds. The molecule has 4 rings (SSSR count). The number of aryl methyl sites for hydroxylation is 1. The number of fused-ring (bicyclic) bond motifs is 1. The fourth-order valence-electron chi connectivity index (χ4n) is 5.71. The number of carbonyl (C=O) groups excluding carboxylic acids is 2. The van der Waals surface area contributed by atoms with Crippen LogP contribution in [0.1, 0.15) is 56.1 Å². The molecule has 1 aromatic rings. The standard InChI is InChI=1S/C29H39NO5/c1-30(2)15-13-20-5-8-22-18-23(10-9-21(22)17-20)35-16-14-19-6-11-24-25(12-7-19)27(32)29(34-4)28(33-3)26(24)31/h9-10,18-20H,5-8,11-17H2,1-4H3/t20-/m0/s1. The molecule has 0 bridgehead atoms. The van der Waals surface area contributed by atoms with E-state index in [1.165, 1.54) is 44.6 Å². The van der Waals surface area contributed by atoms with Gasteiger partial charge in [-0.1, -0.05) is 6.07 Å². The van der Waals surface area contributed by atoms with Crippen molar-refractivity contribution in [1.29, 1.82) is 0 Å². The first-order chi connectivity index (χ1) is 16.9. The van der Waals surface area contributed by atoms with Crippen molar-refractivity contribution in [3.63, 3.8) is 0 Å². The van der Waals surface area contributed by atoms with Crippen LogP contribution in [0.25, 0.3) is 0 Å². The summed E-state index contributed by atoms with van der Waals surface area (Å²) in [6.45, 7) is 1.80. The summed E-state index contributed by atoms with van der Waals surface area (Å²) in [4.78, 5) is 28.0. The number of allylic oxidation sites excluding steroid dienone is 2. The molecule has 0 aromatic heterocycles. The van der Waals surface area contributed by atoms with Gasteiger partial charge in [-0.25, -0.2) is 0 Å². The van der Waals surface area contributed by atoms with Crippen molar-refractivity contribution < 1.29 is 23.8 Å². The molecule has 0 radical (unpaired) electrons. The smallest absolute Gasteiger partial charge is 0.228 e. The molecular formula is C29H39NO5. The lowest BCUT2D eigenvalue weighted by atomic mass is 9.82. The highest BCUT2D eigenvalue weighted by Gasteiger charge is 2.37. The molecule has 3 aliphatic rings. The van der Waals surface area contributed by atoms with Crippen molar-refractivity contribution in [3.05, 3.63) is 52.0 Å². The van der Waals surface area contributed by atoms with E-state index in [4.69, 9.17) is 14.2 Å². The maximum absolute atomic E-state index is 12.9. The Balaban J connectivity index is 1.28.